The fraction of sp³-hybridized carbons (Fsp3) is 0.600. The molecular weight excluding hydrogens is 497 g/mol. The van der Waals surface area contributed by atoms with Crippen LogP contribution in [-0.4, -0.2) is 54.0 Å². The van der Waals surface area contributed by atoms with Crippen molar-refractivity contribution in [3.63, 3.8) is 0 Å². The van der Waals surface area contributed by atoms with E-state index in [0.717, 1.165) is 0 Å². The third kappa shape index (κ3) is 3.63. The fourth-order valence-electron chi connectivity index (χ4n) is 4.52. The Morgan fingerprint density at radius 2 is 1.31 bits per heavy atom. The predicted octanol–water partition coefficient (Wildman–Crippen LogP) is 6.43. The van der Waals surface area contributed by atoms with Gasteiger partial charge in [0, 0.05) is 6.42 Å². The van der Waals surface area contributed by atoms with Gasteiger partial charge in [-0.1, -0.05) is 31.4 Å². The number of halogens is 7. The summed E-state index contributed by atoms with van der Waals surface area (Å²) in [5.41, 5.74) is -22.4. The summed E-state index contributed by atoms with van der Waals surface area (Å²) < 4.78 is 121. The Kier molecular flexibility index (Phi) is 8.19. The van der Waals surface area contributed by atoms with Crippen LogP contribution in [0.2, 0.25) is 0 Å². The lowest BCUT2D eigenvalue weighted by atomic mass is 9.46. The van der Waals surface area contributed by atoms with E-state index in [1.54, 1.807) is 0 Å². The molecule has 0 radical (unpaired) electrons. The van der Waals surface area contributed by atoms with Crippen molar-refractivity contribution >= 4 is 11.9 Å². The van der Waals surface area contributed by atoms with Crippen LogP contribution in [-0.2, 0) is 19.1 Å². The van der Waals surface area contributed by atoms with Crippen molar-refractivity contribution in [2.45, 2.75) is 69.9 Å². The van der Waals surface area contributed by atoms with Gasteiger partial charge in [-0.15, -0.1) is 6.58 Å². The van der Waals surface area contributed by atoms with Gasteiger partial charge in [-0.25, -0.2) is 13.2 Å². The summed E-state index contributed by atoms with van der Waals surface area (Å²) in [5, 5.41) is 0. The van der Waals surface area contributed by atoms with Crippen LogP contribution in [0.25, 0.3) is 0 Å². The Hall–Kier alpha value is -2.59. The summed E-state index contributed by atoms with van der Waals surface area (Å²) in [5.74, 6) is -15.2. The highest BCUT2D eigenvalue weighted by Gasteiger charge is 2.97. The van der Waals surface area contributed by atoms with Crippen molar-refractivity contribution in [2.75, 3.05) is 13.2 Å². The highest BCUT2D eigenvalue weighted by Crippen LogP contribution is 2.74. The van der Waals surface area contributed by atoms with Crippen LogP contribution >= 0.6 is 0 Å². The average molecular weight is 529 g/mol. The van der Waals surface area contributed by atoms with E-state index in [1.165, 1.54) is 20.8 Å². The Morgan fingerprint density at radius 3 is 1.67 bits per heavy atom. The lowest BCUT2D eigenvalue weighted by Crippen LogP contribution is -2.86. The molecule has 1 aliphatic carbocycles. The van der Waals surface area contributed by atoms with Gasteiger partial charge < -0.3 is 9.47 Å². The lowest BCUT2D eigenvalue weighted by molar-refractivity contribution is -0.383. The van der Waals surface area contributed by atoms with E-state index in [4.69, 9.17) is 4.74 Å². The van der Waals surface area contributed by atoms with Gasteiger partial charge >= 0.3 is 23.8 Å². The molecule has 0 aliphatic heterocycles. The quantitative estimate of drug-likeness (QED) is 0.150. The summed E-state index contributed by atoms with van der Waals surface area (Å²) in [6.07, 6.45) is -1.27. The second kappa shape index (κ2) is 9.37. The van der Waals surface area contributed by atoms with Crippen molar-refractivity contribution < 1.29 is 49.8 Å². The SMILES string of the molecule is C=CCC1(F)C(F)(C=C)C(F)(C(=C)C)C(F)(F)C(F)(F)C1(C(=C)C)C(=O)OCCOC(=O)C(C)(C)C. The smallest absolute Gasteiger partial charge is 0.352 e. The molecule has 0 aromatic heterocycles. The maximum atomic E-state index is 16.9. The molecule has 1 aliphatic rings. The monoisotopic (exact) mass is 528 g/mol. The van der Waals surface area contributed by atoms with Crippen LogP contribution < -0.4 is 0 Å². The van der Waals surface area contributed by atoms with Crippen LogP contribution in [0.1, 0.15) is 41.0 Å². The number of esters is 2. The molecule has 11 heteroatoms. The molecule has 0 aromatic carbocycles. The maximum absolute atomic E-state index is 16.9. The normalized spacial score (nSPS) is 33.2. The summed E-state index contributed by atoms with van der Waals surface area (Å²) in [6, 6.07) is 0. The molecule has 0 saturated heterocycles. The first-order valence-electron chi connectivity index (χ1n) is 10.8. The highest BCUT2D eigenvalue weighted by molar-refractivity contribution is 5.86. The zero-order valence-electron chi connectivity index (χ0n) is 20.9. The van der Waals surface area contributed by atoms with Crippen LogP contribution in [0.3, 0.4) is 0 Å². The number of allylic oxidation sites excluding steroid dienone is 3. The van der Waals surface area contributed by atoms with E-state index in [1.807, 2.05) is 0 Å². The van der Waals surface area contributed by atoms with E-state index >= 15 is 30.7 Å². The molecule has 204 valence electrons. The second-order valence-electron chi connectivity index (χ2n) is 9.85. The molecule has 0 spiro atoms. The molecule has 1 fully saturated rings. The Morgan fingerprint density at radius 1 is 0.833 bits per heavy atom. The van der Waals surface area contributed by atoms with E-state index < -0.39 is 82.4 Å². The predicted molar refractivity (Wildman–Crippen MR) is 120 cm³/mol. The first-order valence-corrected chi connectivity index (χ1v) is 10.8. The number of carbonyl (C=O) groups excluding carboxylic acids is 2. The highest BCUT2D eigenvalue weighted by atomic mass is 19.3. The topological polar surface area (TPSA) is 52.6 Å². The third-order valence-electron chi connectivity index (χ3n) is 6.37. The first-order chi connectivity index (χ1) is 16.1. The Bertz CT molecular complexity index is 970. The molecule has 0 heterocycles. The first kappa shape index (κ1) is 31.4. The maximum Gasteiger partial charge on any atom is 0.352 e. The Labute approximate surface area is 205 Å². The molecule has 4 atom stereocenters. The average Bonchev–Trinajstić information content (AvgIpc) is 2.73. The number of alkyl halides is 7. The summed E-state index contributed by atoms with van der Waals surface area (Å²) in [6.45, 7) is 15.7. The van der Waals surface area contributed by atoms with Gasteiger partial charge in [-0.3, -0.25) is 9.59 Å². The van der Waals surface area contributed by atoms with Crippen LogP contribution in [0.4, 0.5) is 30.7 Å². The number of carbonyl (C=O) groups is 2. The molecule has 1 rings (SSSR count). The lowest BCUT2D eigenvalue weighted by Gasteiger charge is -2.63. The molecular formula is C25H31F7O4. The van der Waals surface area contributed by atoms with Gasteiger partial charge in [0.05, 0.1) is 5.41 Å². The summed E-state index contributed by atoms with van der Waals surface area (Å²) in [4.78, 5) is 25.0. The largest absolute Gasteiger partial charge is 0.462 e. The van der Waals surface area contributed by atoms with Crippen molar-refractivity contribution in [3.05, 3.63) is 49.6 Å². The van der Waals surface area contributed by atoms with Crippen molar-refractivity contribution in [1.29, 1.82) is 0 Å². The standard InChI is InChI=1S/C25H31F7O4/c1-10-12-21(27)20(26,11-2)23(28,16(5)6)25(31,32)24(29,30)22(21,15(3)4)18(34)36-14-13-35-17(33)19(7,8)9/h10-11H,1-3,5,12-14H2,4,6-9H3. The van der Waals surface area contributed by atoms with E-state index in [2.05, 4.69) is 31.1 Å². The van der Waals surface area contributed by atoms with E-state index in [-0.39, 0.29) is 6.08 Å². The third-order valence-corrected chi connectivity index (χ3v) is 6.37. The molecule has 1 saturated carbocycles. The van der Waals surface area contributed by atoms with Crippen LogP contribution in [0, 0.1) is 10.8 Å². The van der Waals surface area contributed by atoms with Crippen molar-refractivity contribution in [3.8, 4) is 0 Å². The fourth-order valence-corrected chi connectivity index (χ4v) is 4.52. The summed E-state index contributed by atoms with van der Waals surface area (Å²) >= 11 is 0. The van der Waals surface area contributed by atoms with Gasteiger partial charge in [0.15, 0.2) is 11.1 Å². The zero-order valence-corrected chi connectivity index (χ0v) is 20.9. The van der Waals surface area contributed by atoms with Gasteiger partial charge in [0.2, 0.25) is 11.3 Å². The van der Waals surface area contributed by atoms with E-state index in [0.29, 0.717) is 19.9 Å². The number of rotatable bonds is 9. The molecule has 0 bridgehead atoms. The van der Waals surface area contributed by atoms with Crippen molar-refractivity contribution in [2.24, 2.45) is 10.8 Å². The molecule has 0 aromatic rings. The van der Waals surface area contributed by atoms with Gasteiger partial charge in [0.25, 0.3) is 0 Å². The van der Waals surface area contributed by atoms with E-state index in [9.17, 15) is 9.59 Å². The number of ether oxygens (including phenoxy) is 2. The Balaban J connectivity index is 3.89. The van der Waals surface area contributed by atoms with Gasteiger partial charge in [-0.2, -0.15) is 17.6 Å². The van der Waals surface area contributed by atoms with Gasteiger partial charge in [-0.05, 0) is 46.3 Å². The number of hydrogen-bond donors (Lipinski definition) is 0. The minimum atomic E-state index is -6.05. The molecule has 4 nitrogen and oxygen atoms in total. The molecule has 0 N–H and O–H groups in total. The van der Waals surface area contributed by atoms with Crippen LogP contribution in [0.15, 0.2) is 49.6 Å². The molecule has 4 unspecified atom stereocenters. The van der Waals surface area contributed by atoms with Crippen molar-refractivity contribution in [1.82, 2.24) is 0 Å². The zero-order chi connectivity index (χ0) is 28.8. The summed E-state index contributed by atoms with van der Waals surface area (Å²) in [7, 11) is 0. The molecule has 0 amide bonds. The number of hydrogen-bond acceptors (Lipinski definition) is 4. The molecule has 36 heavy (non-hydrogen) atoms. The minimum absolute atomic E-state index is 0.232. The van der Waals surface area contributed by atoms with Crippen LogP contribution in [0.5, 0.6) is 0 Å². The van der Waals surface area contributed by atoms with Gasteiger partial charge in [0.1, 0.15) is 13.2 Å². The second-order valence-corrected chi connectivity index (χ2v) is 9.85. The minimum Gasteiger partial charge on any atom is -0.462 e.